The first-order valence-corrected chi connectivity index (χ1v) is 10.2. The van der Waals surface area contributed by atoms with Gasteiger partial charge in [-0.2, -0.15) is 0 Å². The number of para-hydroxylation sites is 1. The lowest BCUT2D eigenvalue weighted by molar-refractivity contribution is 0.234. The molecular weight excluding hydrogens is 406 g/mol. The highest BCUT2D eigenvalue weighted by atomic mass is 16.5. The van der Waals surface area contributed by atoms with Crippen LogP contribution in [0.1, 0.15) is 22.8 Å². The Hall–Kier alpha value is -4.10. The summed E-state index contributed by atoms with van der Waals surface area (Å²) in [5.74, 6) is 2.65. The molecule has 0 aliphatic heterocycles. The lowest BCUT2D eigenvalue weighted by Gasteiger charge is -2.12. The van der Waals surface area contributed by atoms with Gasteiger partial charge in [0.25, 0.3) is 0 Å². The maximum atomic E-state index is 9.75. The Bertz CT molecular complexity index is 1450. The molecule has 0 aliphatic rings. The summed E-state index contributed by atoms with van der Waals surface area (Å²) in [5, 5.41) is 11.7. The number of amidine groups is 1. The lowest BCUT2D eigenvalue weighted by atomic mass is 10.1. The first kappa shape index (κ1) is 19.8. The average molecular weight is 427 g/mol. The van der Waals surface area contributed by atoms with Crippen LogP contribution < -0.4 is 10.2 Å². The molecule has 5 aromatic rings. The van der Waals surface area contributed by atoms with E-state index in [1.807, 2.05) is 74.5 Å². The first-order chi connectivity index (χ1) is 15.6. The van der Waals surface area contributed by atoms with Crippen LogP contribution in [0, 0.1) is 13.8 Å². The molecule has 0 atom stereocenters. The molecule has 0 unspecified atom stereocenters. The van der Waals surface area contributed by atoms with Gasteiger partial charge in [0.05, 0.1) is 12.1 Å². The molecule has 0 aliphatic carbocycles. The summed E-state index contributed by atoms with van der Waals surface area (Å²) in [6.45, 7) is 4.00. The Balaban J connectivity index is 1.51. The molecule has 0 fully saturated rings. The van der Waals surface area contributed by atoms with E-state index >= 15 is 0 Å². The van der Waals surface area contributed by atoms with Crippen LogP contribution in [0.3, 0.4) is 0 Å². The first-order valence-electron chi connectivity index (χ1n) is 10.2. The van der Waals surface area contributed by atoms with Gasteiger partial charge >= 0.3 is 0 Å². The van der Waals surface area contributed by atoms with Gasteiger partial charge in [0.15, 0.2) is 5.84 Å². The second-order valence-corrected chi connectivity index (χ2v) is 7.45. The van der Waals surface area contributed by atoms with Crippen molar-refractivity contribution < 1.29 is 18.8 Å². The summed E-state index contributed by atoms with van der Waals surface area (Å²) < 4.78 is 17.6. The molecular formula is C25H21N3O4. The van der Waals surface area contributed by atoms with Crippen molar-refractivity contribution in [3.63, 3.8) is 0 Å². The van der Waals surface area contributed by atoms with Crippen LogP contribution in [-0.2, 0) is 6.54 Å². The SMILES string of the molecule is Cc1ccc(C(=NCc2ccc(C)o2)NO)c(Oc2ccc3oc4ccccc4c3c2)n1. The van der Waals surface area contributed by atoms with E-state index in [2.05, 4.69) is 15.5 Å². The van der Waals surface area contributed by atoms with Crippen molar-refractivity contribution in [1.82, 2.24) is 10.5 Å². The minimum Gasteiger partial charge on any atom is -0.464 e. The summed E-state index contributed by atoms with van der Waals surface area (Å²) in [5.41, 5.74) is 5.07. The number of hydrogen-bond donors (Lipinski definition) is 2. The highest BCUT2D eigenvalue weighted by Crippen LogP contribution is 2.33. The fourth-order valence-corrected chi connectivity index (χ4v) is 3.58. The molecule has 3 aromatic heterocycles. The topological polar surface area (TPSA) is 93.0 Å². The van der Waals surface area contributed by atoms with Gasteiger partial charge in [-0.05, 0) is 62.4 Å². The zero-order valence-electron chi connectivity index (χ0n) is 17.6. The van der Waals surface area contributed by atoms with Gasteiger partial charge in [-0.25, -0.2) is 4.98 Å². The third kappa shape index (κ3) is 3.81. The van der Waals surface area contributed by atoms with Crippen LogP contribution in [0.2, 0.25) is 0 Å². The third-order valence-electron chi connectivity index (χ3n) is 5.11. The zero-order valence-corrected chi connectivity index (χ0v) is 17.6. The van der Waals surface area contributed by atoms with Crippen LogP contribution in [0.25, 0.3) is 21.9 Å². The van der Waals surface area contributed by atoms with E-state index in [1.54, 1.807) is 6.07 Å². The van der Waals surface area contributed by atoms with E-state index in [-0.39, 0.29) is 12.4 Å². The van der Waals surface area contributed by atoms with Gasteiger partial charge in [-0.15, -0.1) is 0 Å². The number of benzene rings is 2. The van der Waals surface area contributed by atoms with Gasteiger partial charge in [0, 0.05) is 16.5 Å². The number of nitrogens with zero attached hydrogens (tertiary/aromatic N) is 2. The van der Waals surface area contributed by atoms with E-state index in [9.17, 15) is 5.21 Å². The third-order valence-corrected chi connectivity index (χ3v) is 5.11. The van der Waals surface area contributed by atoms with Crippen molar-refractivity contribution in [2.75, 3.05) is 0 Å². The van der Waals surface area contributed by atoms with E-state index in [0.29, 0.717) is 23.0 Å². The molecule has 3 heterocycles. The highest BCUT2D eigenvalue weighted by molar-refractivity contribution is 6.05. The zero-order chi connectivity index (χ0) is 22.1. The molecule has 0 amide bonds. The normalized spacial score (nSPS) is 11.9. The summed E-state index contributed by atoms with van der Waals surface area (Å²) in [6.07, 6.45) is 0. The number of pyridine rings is 1. The Morgan fingerprint density at radius 2 is 1.81 bits per heavy atom. The van der Waals surface area contributed by atoms with E-state index in [0.717, 1.165) is 33.4 Å². The molecule has 0 radical (unpaired) electrons. The number of hydrogen-bond acceptors (Lipinski definition) is 6. The summed E-state index contributed by atoms with van der Waals surface area (Å²) in [6, 6.07) is 20.8. The summed E-state index contributed by atoms with van der Waals surface area (Å²) >= 11 is 0. The van der Waals surface area contributed by atoms with Crippen molar-refractivity contribution in [2.24, 2.45) is 4.99 Å². The smallest absolute Gasteiger partial charge is 0.230 e. The molecule has 5 rings (SSSR count). The van der Waals surface area contributed by atoms with Gasteiger partial charge in [-0.3, -0.25) is 15.7 Å². The number of ether oxygens (including phenoxy) is 1. The van der Waals surface area contributed by atoms with Crippen molar-refractivity contribution in [3.8, 4) is 11.6 Å². The Kier molecular flexibility index (Phi) is 5.09. The molecule has 7 heteroatoms. The summed E-state index contributed by atoms with van der Waals surface area (Å²) in [7, 11) is 0. The van der Waals surface area contributed by atoms with Gasteiger partial charge in [-0.1, -0.05) is 18.2 Å². The number of furan rings is 2. The molecule has 2 aromatic carbocycles. The maximum Gasteiger partial charge on any atom is 0.230 e. The van der Waals surface area contributed by atoms with Crippen LogP contribution in [0.5, 0.6) is 11.6 Å². The van der Waals surface area contributed by atoms with Crippen molar-refractivity contribution in [2.45, 2.75) is 20.4 Å². The Labute approximate surface area is 183 Å². The van der Waals surface area contributed by atoms with Gasteiger partial charge in [0.2, 0.25) is 5.88 Å². The molecule has 32 heavy (non-hydrogen) atoms. The minimum absolute atomic E-state index is 0.233. The van der Waals surface area contributed by atoms with Crippen LogP contribution >= 0.6 is 0 Å². The highest BCUT2D eigenvalue weighted by Gasteiger charge is 2.15. The van der Waals surface area contributed by atoms with Crippen LogP contribution in [0.15, 0.2) is 80.6 Å². The van der Waals surface area contributed by atoms with E-state index in [4.69, 9.17) is 13.6 Å². The maximum absolute atomic E-state index is 9.75. The predicted octanol–water partition coefficient (Wildman–Crippen LogP) is 5.91. The number of aromatic nitrogens is 1. The minimum atomic E-state index is 0.233. The monoisotopic (exact) mass is 427 g/mol. The molecule has 0 bridgehead atoms. The molecule has 0 saturated heterocycles. The second kappa shape index (κ2) is 8.20. The number of aliphatic imine (C=N–C) groups is 1. The van der Waals surface area contributed by atoms with Crippen molar-refractivity contribution >= 4 is 27.8 Å². The molecule has 0 saturated carbocycles. The standard InChI is InChI=1S/C25H21N3O4/c1-15-7-11-20(24(28-29)26-14-18-9-8-16(2)30-18)25(27-15)31-17-10-12-23-21(13-17)19-5-3-4-6-22(19)32-23/h3-13,29H,14H2,1-2H3,(H,26,28). The summed E-state index contributed by atoms with van der Waals surface area (Å²) in [4.78, 5) is 8.96. The second-order valence-electron chi connectivity index (χ2n) is 7.45. The molecule has 160 valence electrons. The Morgan fingerprint density at radius 3 is 2.62 bits per heavy atom. The van der Waals surface area contributed by atoms with Gasteiger partial charge in [0.1, 0.15) is 28.4 Å². The number of fused-ring (bicyclic) bond motifs is 3. The predicted molar refractivity (Wildman–Crippen MR) is 121 cm³/mol. The van der Waals surface area contributed by atoms with E-state index in [1.165, 1.54) is 0 Å². The Morgan fingerprint density at radius 1 is 0.969 bits per heavy atom. The van der Waals surface area contributed by atoms with Crippen molar-refractivity contribution in [3.05, 3.63) is 89.5 Å². The fraction of sp³-hybridized carbons (Fsp3) is 0.120. The molecule has 2 N–H and O–H groups in total. The number of rotatable bonds is 5. The van der Waals surface area contributed by atoms with Gasteiger partial charge < -0.3 is 13.6 Å². The van der Waals surface area contributed by atoms with Crippen LogP contribution in [-0.4, -0.2) is 16.0 Å². The average Bonchev–Trinajstić information content (AvgIpc) is 3.38. The number of hydroxylamine groups is 1. The fourth-order valence-electron chi connectivity index (χ4n) is 3.58. The number of aryl methyl sites for hydroxylation is 2. The quantitative estimate of drug-likeness (QED) is 0.206. The van der Waals surface area contributed by atoms with Crippen LogP contribution in [0.4, 0.5) is 0 Å². The van der Waals surface area contributed by atoms with E-state index < -0.39 is 0 Å². The molecule has 0 spiro atoms. The lowest BCUT2D eigenvalue weighted by Crippen LogP contribution is -2.21. The molecule has 7 nitrogen and oxygen atoms in total. The number of nitrogens with one attached hydrogen (secondary N) is 1. The van der Waals surface area contributed by atoms with Crippen molar-refractivity contribution in [1.29, 1.82) is 0 Å². The largest absolute Gasteiger partial charge is 0.464 e.